The second kappa shape index (κ2) is 106. The fourth-order valence-electron chi connectivity index (χ4n) is 11.4. The van der Waals surface area contributed by atoms with Crippen LogP contribution in [0.1, 0.15) is 244 Å². The SMILES string of the molecule is CC=C=C=C=CC.CCCOCCOCC(=O)NCC.CCOCCOCC(=O)NCCCC[C@H](NC(=O)[C@@H](C)CCCCNC(=O)CCCC(=O)NCCCCOCCOCC(=O)NCCCC[C@H](C)C(N)=O)C(N)=O.C[C@@H](CCCCNC(=O)CCOCCOCCOCCOCCCC(=O)CCCC(=O)NCCOCCOCCOCCOCCC(=O)NCCCC[C@H](C)C(N)=O)C(N)=O.[HH]. The van der Waals surface area contributed by atoms with Crippen LogP contribution in [0.4, 0.5) is 0 Å². The van der Waals surface area contributed by atoms with E-state index in [9.17, 15) is 67.1 Å². The lowest BCUT2D eigenvalue weighted by Crippen LogP contribution is -2.46. The van der Waals surface area contributed by atoms with Gasteiger partial charge in [0, 0.05) is 149 Å². The molecule has 17 N–H and O–H groups in total. The van der Waals surface area contributed by atoms with Crippen LogP contribution in [-0.4, -0.2) is 326 Å². The van der Waals surface area contributed by atoms with Crippen LogP contribution in [0.2, 0.25) is 0 Å². The van der Waals surface area contributed by atoms with Gasteiger partial charge in [-0.05, 0) is 155 Å². The van der Waals surface area contributed by atoms with Crippen LogP contribution in [0.25, 0.3) is 0 Å². The first-order valence-corrected chi connectivity index (χ1v) is 49.6. The van der Waals surface area contributed by atoms with Gasteiger partial charge in [0.15, 0.2) is 0 Å². The molecule has 0 aliphatic rings. The van der Waals surface area contributed by atoms with E-state index in [-0.39, 0.29) is 154 Å². The summed E-state index contributed by atoms with van der Waals surface area (Å²) in [6.07, 6.45) is 20.3. The van der Waals surface area contributed by atoms with Crippen molar-refractivity contribution in [2.24, 2.45) is 46.6 Å². The molecule has 0 aromatic carbocycles. The molecule has 0 saturated carbocycles. The van der Waals surface area contributed by atoms with Gasteiger partial charge in [0.05, 0.1) is 139 Å². The second-order valence-corrected chi connectivity index (χ2v) is 32.2. The molecule has 0 unspecified atom stereocenters. The number of nitrogens with two attached hydrogens (primary N) is 4. The minimum absolute atomic E-state index is 0. The van der Waals surface area contributed by atoms with E-state index in [1.165, 1.54) is 0 Å². The van der Waals surface area contributed by atoms with Crippen molar-refractivity contribution in [3.8, 4) is 0 Å². The van der Waals surface area contributed by atoms with Crippen molar-refractivity contribution in [3.05, 3.63) is 29.3 Å². The van der Waals surface area contributed by atoms with Crippen molar-refractivity contribution < 1.29 is 135 Å². The van der Waals surface area contributed by atoms with Gasteiger partial charge in [0.1, 0.15) is 31.6 Å². The lowest BCUT2D eigenvalue weighted by Gasteiger charge is -2.18. The molecule has 13 amide bonds. The van der Waals surface area contributed by atoms with Gasteiger partial charge < -0.3 is 137 Å². The van der Waals surface area contributed by atoms with Crippen LogP contribution in [0, 0.1) is 23.7 Å². The van der Waals surface area contributed by atoms with Gasteiger partial charge in [-0.3, -0.25) is 67.1 Å². The van der Waals surface area contributed by atoms with E-state index < -0.39 is 11.9 Å². The third-order valence-corrected chi connectivity index (χ3v) is 19.7. The molecular formula is C97H181N13O28. The maximum atomic E-state index is 12.7. The number of carbonyl (C=O) groups excluding carboxylic acids is 14. The Bertz CT molecular complexity index is 3150. The fraction of sp³-hybridized carbons (Fsp3) is 0.804. The topological polar surface area (TPSA) is 581 Å². The average Bonchev–Trinajstić information content (AvgIpc) is 0.912. The maximum absolute atomic E-state index is 12.7. The number of ketones is 1. The molecule has 41 nitrogen and oxygen atoms in total. The Morgan fingerprint density at radius 2 is 0.551 bits per heavy atom. The number of primary amides is 4. The molecule has 0 aliphatic carbocycles. The van der Waals surface area contributed by atoms with E-state index in [1.54, 1.807) is 39.8 Å². The van der Waals surface area contributed by atoms with Crippen LogP contribution < -0.4 is 70.8 Å². The third-order valence-electron chi connectivity index (χ3n) is 19.7. The van der Waals surface area contributed by atoms with E-state index >= 15 is 0 Å². The Morgan fingerprint density at radius 1 is 0.268 bits per heavy atom. The van der Waals surface area contributed by atoms with Crippen molar-refractivity contribution in [2.45, 2.75) is 248 Å². The molecule has 0 radical (unpaired) electrons. The molecule has 0 bridgehead atoms. The number of unbranched alkanes of at least 4 members (excludes halogenated alkanes) is 6. The summed E-state index contributed by atoms with van der Waals surface area (Å²) in [6, 6.07) is -0.793. The zero-order chi connectivity index (χ0) is 103. The van der Waals surface area contributed by atoms with Gasteiger partial charge in [0.25, 0.3) is 0 Å². The minimum Gasteiger partial charge on any atom is -0.379 e. The van der Waals surface area contributed by atoms with Crippen LogP contribution in [0.15, 0.2) is 29.3 Å². The van der Waals surface area contributed by atoms with E-state index in [2.05, 4.69) is 72.0 Å². The summed E-state index contributed by atoms with van der Waals surface area (Å²) < 4.78 is 75.0. The average molecular weight is 1980 g/mol. The largest absolute Gasteiger partial charge is 0.379 e. The zero-order valence-electron chi connectivity index (χ0n) is 85.0. The quantitative estimate of drug-likeness (QED) is 0.0283. The van der Waals surface area contributed by atoms with Gasteiger partial charge >= 0.3 is 0 Å². The molecule has 5 atom stereocenters. The van der Waals surface area contributed by atoms with Gasteiger partial charge in [-0.1, -0.05) is 71.8 Å². The summed E-state index contributed by atoms with van der Waals surface area (Å²) in [6.45, 7) is 31.6. The summed E-state index contributed by atoms with van der Waals surface area (Å²) in [7, 11) is 0. The summed E-state index contributed by atoms with van der Waals surface area (Å²) in [5.74, 6) is -3.46. The Kier molecular flexibility index (Phi) is 104. The number of hydrogen-bond donors (Lipinski definition) is 13. The molecule has 138 heavy (non-hydrogen) atoms. The Balaban J connectivity index is -0.000000711. The van der Waals surface area contributed by atoms with Gasteiger partial charge in [-0.2, -0.15) is 0 Å². The minimum atomic E-state index is -0.793. The van der Waals surface area contributed by atoms with Gasteiger partial charge in [-0.25, -0.2) is 0 Å². The van der Waals surface area contributed by atoms with Crippen molar-refractivity contribution in [1.82, 2.24) is 47.9 Å². The molecule has 0 saturated heterocycles. The second-order valence-electron chi connectivity index (χ2n) is 32.2. The standard InChI is InChI=1S/C42H79N5O14.C39H73N7O11.C9H19NO3.C7H8.H2/c1-35(41(43)52)9-3-5-16-45-39(50)14-20-55-24-28-59-32-31-58-27-23-54-19-8-12-37(48)11-7-13-38(49)47-18-22-57-26-30-61-34-33-60-29-25-56-21-15-40(51)46-17-6-4-10-36(2)42(44)53;1-4-54-24-26-56-28-35(49)45-21-10-7-16-32(38(41)52)46-39(53)31(3)15-6-9-19-42-33(47)17-13-18-34(48)43-22-11-12-23-55-25-27-57-29-36(50)44-20-8-5-14-30(2)37(40)51;1-3-5-12-6-7-13-8-9(11)10-4-2;1-3-5-7-6-4-2;/h35-36H,3-34H2,1-2H3,(H2,43,52)(H2,44,53)(H,45,50)(H,46,51)(H,47,49);30-32H,4-29H2,1-3H3,(H2,40,51)(H2,41,52)(H,42,47)(H,43,48)(H,44,50)(H,45,49)(H,46,53);3-8H2,1-2H3,(H,10,11);3-4H,1-2H3;1H/t35-,36-;30-,31-,32-;;;/m00.../s1. The molecule has 802 valence electrons. The molecule has 0 aromatic rings. The molecule has 41 heteroatoms. The monoisotopic (exact) mass is 1980 g/mol. The normalized spacial score (nSPS) is 11.7. The van der Waals surface area contributed by atoms with Crippen molar-refractivity contribution in [3.63, 3.8) is 0 Å². The third kappa shape index (κ3) is 106. The van der Waals surface area contributed by atoms with E-state index in [0.29, 0.717) is 288 Å². The number of nitrogens with one attached hydrogen (secondary N) is 9. The molecule has 0 spiro atoms. The number of rotatable bonds is 94. The van der Waals surface area contributed by atoms with Crippen LogP contribution >= 0.6 is 0 Å². The van der Waals surface area contributed by atoms with Crippen molar-refractivity contribution in [1.29, 1.82) is 0 Å². The first-order valence-electron chi connectivity index (χ1n) is 49.6. The van der Waals surface area contributed by atoms with Crippen LogP contribution in [-0.2, 0) is 133 Å². The van der Waals surface area contributed by atoms with E-state index in [4.69, 9.17) is 89.3 Å². The van der Waals surface area contributed by atoms with Gasteiger partial charge in [0.2, 0.25) is 76.8 Å². The molecular weight excluding hydrogens is 1800 g/mol. The maximum Gasteiger partial charge on any atom is 0.245 e. The lowest BCUT2D eigenvalue weighted by molar-refractivity contribution is -0.129. The van der Waals surface area contributed by atoms with Crippen LogP contribution in [0.3, 0.4) is 0 Å². The van der Waals surface area contributed by atoms with E-state index in [1.807, 2.05) is 27.7 Å². The number of ether oxygens (including phenoxy) is 14. The number of Topliss-reactive ketones (excluding diaryl/α,β-unsaturated/α-hetero) is 1. The fourth-order valence-corrected chi connectivity index (χ4v) is 11.4. The first kappa shape index (κ1) is 136. The van der Waals surface area contributed by atoms with Crippen molar-refractivity contribution in [2.75, 3.05) is 237 Å². The van der Waals surface area contributed by atoms with E-state index in [0.717, 1.165) is 77.2 Å². The predicted molar refractivity (Wildman–Crippen MR) is 525 cm³/mol. The van der Waals surface area contributed by atoms with Crippen molar-refractivity contribution >= 4 is 82.6 Å². The Morgan fingerprint density at radius 3 is 0.906 bits per heavy atom. The lowest BCUT2D eigenvalue weighted by atomic mass is 10.0. The number of likely N-dealkylation sites (N-methyl/N-ethyl adjacent to an activating group) is 1. The smallest absolute Gasteiger partial charge is 0.245 e. The molecule has 0 aliphatic heterocycles. The summed E-state index contributed by atoms with van der Waals surface area (Å²) in [5, 5.41) is 25.0. The van der Waals surface area contributed by atoms with Crippen LogP contribution in [0.5, 0.6) is 0 Å². The summed E-state index contributed by atoms with van der Waals surface area (Å²) in [4.78, 5) is 164. The highest BCUT2D eigenvalue weighted by Crippen LogP contribution is 2.13. The first-order chi connectivity index (χ1) is 66.6. The summed E-state index contributed by atoms with van der Waals surface area (Å²) >= 11 is 0. The molecule has 0 aromatic heterocycles. The number of hydrogen-bond acceptors (Lipinski definition) is 28. The molecule has 0 fully saturated rings. The Hall–Kier alpha value is -8.70. The molecule has 0 rings (SSSR count). The highest BCUT2D eigenvalue weighted by Gasteiger charge is 2.22. The highest BCUT2D eigenvalue weighted by molar-refractivity contribution is 5.87. The Labute approximate surface area is 823 Å². The van der Waals surface area contributed by atoms with Gasteiger partial charge in [-0.15, -0.1) is 0 Å². The predicted octanol–water partition coefficient (Wildman–Crippen LogP) is 4.94. The number of carbonyl (C=O) groups is 14. The number of allylic oxidation sites excluding steroid dienone is 2. The highest BCUT2D eigenvalue weighted by atomic mass is 16.6. The molecule has 0 heterocycles. The number of amides is 13. The zero-order valence-corrected chi connectivity index (χ0v) is 85.0. The summed E-state index contributed by atoms with van der Waals surface area (Å²) in [5.41, 5.74) is 29.3.